The maximum absolute atomic E-state index is 12.5. The molecule has 2 aromatic rings. The average molecular weight is 387 g/mol. The van der Waals surface area contributed by atoms with Gasteiger partial charge in [0.25, 0.3) is 11.8 Å². The van der Waals surface area contributed by atoms with Crippen LogP contribution in [0.2, 0.25) is 0 Å². The van der Waals surface area contributed by atoms with Crippen molar-refractivity contribution >= 4 is 29.1 Å². The summed E-state index contributed by atoms with van der Waals surface area (Å²) in [7, 11) is 1.55. The summed E-state index contributed by atoms with van der Waals surface area (Å²) in [5, 5.41) is 1.86. The molecule has 1 fully saturated rings. The highest BCUT2D eigenvalue weighted by Gasteiger charge is 2.29. The van der Waals surface area contributed by atoms with E-state index in [1.54, 1.807) is 42.3 Å². The minimum Gasteiger partial charge on any atom is -0.497 e. The fraction of sp³-hybridized carbons (Fsp3) is 0.316. The summed E-state index contributed by atoms with van der Waals surface area (Å²) in [6.07, 6.45) is 1.43. The monoisotopic (exact) mass is 387 g/mol. The summed E-state index contributed by atoms with van der Waals surface area (Å²) in [6.45, 7) is 0.986. The van der Waals surface area contributed by atoms with Crippen LogP contribution in [0.25, 0.3) is 0 Å². The molecule has 1 saturated heterocycles. The van der Waals surface area contributed by atoms with Crippen molar-refractivity contribution in [3.63, 3.8) is 0 Å². The van der Waals surface area contributed by atoms with Gasteiger partial charge in [-0.2, -0.15) is 0 Å². The number of ether oxygens (including phenoxy) is 1. The predicted octanol–water partition coefficient (Wildman–Crippen LogP) is 2.07. The first-order valence-electron chi connectivity index (χ1n) is 8.65. The van der Waals surface area contributed by atoms with E-state index in [4.69, 9.17) is 4.74 Å². The number of piperidine rings is 1. The lowest BCUT2D eigenvalue weighted by molar-refractivity contribution is -0.127. The number of carbonyl (C=O) groups is 3. The van der Waals surface area contributed by atoms with Crippen molar-refractivity contribution in [3.8, 4) is 5.75 Å². The average Bonchev–Trinajstić information content (AvgIpc) is 3.26. The molecule has 2 heterocycles. The topological polar surface area (TPSA) is 87.7 Å². The van der Waals surface area contributed by atoms with E-state index in [2.05, 4.69) is 10.9 Å². The summed E-state index contributed by atoms with van der Waals surface area (Å²) in [5.74, 6) is -0.453. The van der Waals surface area contributed by atoms with Crippen molar-refractivity contribution in [2.45, 2.75) is 12.8 Å². The molecular weight excluding hydrogens is 366 g/mol. The van der Waals surface area contributed by atoms with E-state index in [1.807, 2.05) is 11.4 Å². The van der Waals surface area contributed by atoms with Crippen LogP contribution in [0.15, 0.2) is 41.8 Å². The van der Waals surface area contributed by atoms with Crippen molar-refractivity contribution in [2.24, 2.45) is 5.92 Å². The highest BCUT2D eigenvalue weighted by Crippen LogP contribution is 2.20. The fourth-order valence-electron chi connectivity index (χ4n) is 2.97. The third-order valence-electron chi connectivity index (χ3n) is 4.46. The Morgan fingerprint density at radius 1 is 1.15 bits per heavy atom. The van der Waals surface area contributed by atoms with Crippen molar-refractivity contribution < 1.29 is 19.1 Å². The maximum Gasteiger partial charge on any atom is 0.269 e. The lowest BCUT2D eigenvalue weighted by Crippen LogP contribution is -2.50. The molecule has 0 saturated carbocycles. The summed E-state index contributed by atoms with van der Waals surface area (Å²) < 4.78 is 5.05. The summed E-state index contributed by atoms with van der Waals surface area (Å²) in [4.78, 5) is 39.4. The lowest BCUT2D eigenvalue weighted by Gasteiger charge is -2.31. The second-order valence-corrected chi connectivity index (χ2v) is 7.19. The van der Waals surface area contributed by atoms with Gasteiger partial charge in [-0.25, -0.2) is 0 Å². The van der Waals surface area contributed by atoms with Gasteiger partial charge in [-0.3, -0.25) is 25.2 Å². The number of amides is 3. The number of benzene rings is 1. The van der Waals surface area contributed by atoms with Gasteiger partial charge in [-0.15, -0.1) is 11.3 Å². The summed E-state index contributed by atoms with van der Waals surface area (Å²) >= 11 is 1.39. The molecule has 0 spiro atoms. The van der Waals surface area contributed by atoms with Crippen LogP contribution in [0.4, 0.5) is 0 Å². The number of likely N-dealkylation sites (tertiary alicyclic amines) is 1. The molecule has 0 unspecified atom stereocenters. The Bertz CT molecular complexity index is 805. The maximum atomic E-state index is 12.5. The van der Waals surface area contributed by atoms with Gasteiger partial charge in [0.05, 0.1) is 17.9 Å². The second kappa shape index (κ2) is 8.68. The number of nitrogens with zero attached hydrogens (tertiary/aromatic N) is 1. The molecule has 27 heavy (non-hydrogen) atoms. The van der Waals surface area contributed by atoms with E-state index in [0.29, 0.717) is 35.7 Å². The number of rotatable bonds is 4. The Labute approximate surface area is 161 Å². The van der Waals surface area contributed by atoms with Crippen LogP contribution in [0.5, 0.6) is 5.75 Å². The standard InChI is InChI=1S/C19H21N3O4S/c1-26-15-8-6-13(7-9-15)17(23)20-21-18(24)14-4-2-10-22(12-14)19(25)16-5-3-11-27-16/h3,5-9,11,14H,2,4,10,12H2,1H3,(H,20,23)(H,21,24)/t14-/m1/s1. The van der Waals surface area contributed by atoms with Crippen LogP contribution in [-0.2, 0) is 4.79 Å². The third kappa shape index (κ3) is 4.65. The smallest absolute Gasteiger partial charge is 0.269 e. The molecule has 1 atom stereocenters. The Morgan fingerprint density at radius 2 is 1.93 bits per heavy atom. The number of hydrogen-bond acceptors (Lipinski definition) is 5. The summed E-state index contributed by atoms with van der Waals surface area (Å²) in [5.41, 5.74) is 5.30. The predicted molar refractivity (Wildman–Crippen MR) is 102 cm³/mol. The van der Waals surface area contributed by atoms with Gasteiger partial charge in [-0.1, -0.05) is 6.07 Å². The molecular formula is C19H21N3O4S. The number of hydrazine groups is 1. The van der Waals surface area contributed by atoms with E-state index < -0.39 is 5.91 Å². The summed E-state index contributed by atoms with van der Waals surface area (Å²) in [6, 6.07) is 10.2. The zero-order chi connectivity index (χ0) is 19.2. The van der Waals surface area contributed by atoms with E-state index in [-0.39, 0.29) is 17.7 Å². The van der Waals surface area contributed by atoms with Crippen molar-refractivity contribution in [1.29, 1.82) is 0 Å². The van der Waals surface area contributed by atoms with Crippen molar-refractivity contribution in [3.05, 3.63) is 52.2 Å². The minimum atomic E-state index is -0.409. The van der Waals surface area contributed by atoms with Crippen LogP contribution in [0.3, 0.4) is 0 Å². The zero-order valence-electron chi connectivity index (χ0n) is 14.9. The number of thiophene rings is 1. The van der Waals surface area contributed by atoms with Crippen LogP contribution in [0, 0.1) is 5.92 Å². The molecule has 1 aliphatic rings. The number of methoxy groups -OCH3 is 1. The Balaban J connectivity index is 1.52. The van der Waals surface area contributed by atoms with Crippen molar-refractivity contribution in [2.75, 3.05) is 20.2 Å². The van der Waals surface area contributed by atoms with Crippen LogP contribution >= 0.6 is 11.3 Å². The molecule has 7 nitrogen and oxygen atoms in total. The highest BCUT2D eigenvalue weighted by molar-refractivity contribution is 7.12. The molecule has 3 rings (SSSR count). The van der Waals surface area contributed by atoms with Gasteiger partial charge < -0.3 is 9.64 Å². The Kier molecular flexibility index (Phi) is 6.08. The first-order chi connectivity index (χ1) is 13.1. The largest absolute Gasteiger partial charge is 0.497 e. The zero-order valence-corrected chi connectivity index (χ0v) is 15.8. The van der Waals surface area contributed by atoms with Gasteiger partial charge >= 0.3 is 0 Å². The van der Waals surface area contributed by atoms with Crippen LogP contribution in [0.1, 0.15) is 32.9 Å². The third-order valence-corrected chi connectivity index (χ3v) is 5.32. The molecule has 8 heteroatoms. The molecule has 1 aromatic heterocycles. The molecule has 3 amide bonds. The molecule has 1 aromatic carbocycles. The van der Waals surface area contributed by atoms with Gasteiger partial charge in [0.1, 0.15) is 5.75 Å². The van der Waals surface area contributed by atoms with E-state index in [9.17, 15) is 14.4 Å². The molecule has 2 N–H and O–H groups in total. The Hall–Kier alpha value is -2.87. The van der Waals surface area contributed by atoms with Gasteiger partial charge in [-0.05, 0) is 48.6 Å². The van der Waals surface area contributed by atoms with Crippen LogP contribution in [-0.4, -0.2) is 42.8 Å². The van der Waals surface area contributed by atoms with Gasteiger partial charge in [0.2, 0.25) is 5.91 Å². The fourth-order valence-corrected chi connectivity index (χ4v) is 3.66. The minimum absolute atomic E-state index is 0.0511. The van der Waals surface area contributed by atoms with Gasteiger partial charge in [0.15, 0.2) is 0 Å². The highest BCUT2D eigenvalue weighted by atomic mass is 32.1. The van der Waals surface area contributed by atoms with E-state index in [0.717, 1.165) is 6.42 Å². The molecule has 0 aliphatic carbocycles. The molecule has 0 radical (unpaired) electrons. The second-order valence-electron chi connectivity index (χ2n) is 6.24. The molecule has 142 valence electrons. The molecule has 1 aliphatic heterocycles. The Morgan fingerprint density at radius 3 is 2.59 bits per heavy atom. The normalized spacial score (nSPS) is 16.5. The lowest BCUT2D eigenvalue weighted by atomic mass is 9.97. The first kappa shape index (κ1) is 18.9. The van der Waals surface area contributed by atoms with E-state index >= 15 is 0 Å². The first-order valence-corrected chi connectivity index (χ1v) is 9.53. The van der Waals surface area contributed by atoms with Gasteiger partial charge in [0, 0.05) is 18.7 Å². The van der Waals surface area contributed by atoms with Crippen LogP contribution < -0.4 is 15.6 Å². The number of carbonyl (C=O) groups excluding carboxylic acids is 3. The van der Waals surface area contributed by atoms with E-state index in [1.165, 1.54) is 11.3 Å². The molecule has 0 bridgehead atoms. The van der Waals surface area contributed by atoms with Crippen molar-refractivity contribution in [1.82, 2.24) is 15.8 Å². The quantitative estimate of drug-likeness (QED) is 0.786. The number of hydrogen-bond donors (Lipinski definition) is 2. The number of nitrogens with one attached hydrogen (secondary N) is 2. The SMILES string of the molecule is COc1ccc(C(=O)NNC(=O)[C@@H]2CCCN(C(=O)c3cccs3)C2)cc1.